The number of nitrogens with two attached hydrogens (primary N) is 1. The average Bonchev–Trinajstić information content (AvgIpc) is 2.29. The number of aliphatic carboxylic acids is 1. The minimum Gasteiger partial charge on any atom is -0.480 e. The Morgan fingerprint density at radius 1 is 1.39 bits per heavy atom. The lowest BCUT2D eigenvalue weighted by molar-refractivity contribution is -0.136. The van der Waals surface area contributed by atoms with Crippen LogP contribution in [0.15, 0.2) is 24.3 Å². The van der Waals surface area contributed by atoms with Crippen LogP contribution >= 0.6 is 0 Å². The molecule has 0 aliphatic carbocycles. The zero-order valence-corrected chi connectivity index (χ0v) is 10.8. The number of carboxylic acids is 1. The lowest BCUT2D eigenvalue weighted by Crippen LogP contribution is -2.26. The number of carbonyl (C=O) groups excluding carboxylic acids is 1. The van der Waals surface area contributed by atoms with Gasteiger partial charge in [-0.3, -0.25) is 13.8 Å². The van der Waals surface area contributed by atoms with Gasteiger partial charge >= 0.3 is 5.97 Å². The van der Waals surface area contributed by atoms with Gasteiger partial charge in [0.2, 0.25) is 5.91 Å². The number of hydrogen-bond acceptors (Lipinski definition) is 3. The van der Waals surface area contributed by atoms with Gasteiger partial charge in [-0.15, -0.1) is 0 Å². The van der Waals surface area contributed by atoms with Crippen molar-refractivity contribution >= 4 is 22.7 Å². The van der Waals surface area contributed by atoms with Crippen LogP contribution in [0.4, 0.5) is 0 Å². The minimum absolute atomic E-state index is 0.0178. The smallest absolute Gasteiger partial charge is 0.319 e. The quantitative estimate of drug-likeness (QED) is 0.801. The molecule has 0 spiro atoms. The lowest BCUT2D eigenvalue weighted by Gasteiger charge is -2.11. The SMILES string of the molecule is CCC(C(=O)O)S(=O)Cc1ccccc1C(N)=O. The molecule has 3 N–H and O–H groups in total. The normalized spacial score (nSPS) is 13.8. The zero-order valence-electron chi connectivity index (χ0n) is 9.96. The van der Waals surface area contributed by atoms with E-state index in [0.717, 1.165) is 0 Å². The molecule has 0 heterocycles. The van der Waals surface area contributed by atoms with E-state index < -0.39 is 27.9 Å². The monoisotopic (exact) mass is 269 g/mol. The number of amides is 1. The molecule has 0 aliphatic rings. The van der Waals surface area contributed by atoms with Gasteiger partial charge in [0, 0.05) is 16.4 Å². The van der Waals surface area contributed by atoms with Gasteiger partial charge in [-0.2, -0.15) is 0 Å². The second kappa shape index (κ2) is 6.30. The van der Waals surface area contributed by atoms with E-state index in [1.807, 2.05) is 0 Å². The third-order valence-electron chi connectivity index (χ3n) is 2.54. The summed E-state index contributed by atoms with van der Waals surface area (Å²) in [6.07, 6.45) is 0.278. The molecule has 0 aromatic heterocycles. The minimum atomic E-state index is -1.57. The van der Waals surface area contributed by atoms with Gasteiger partial charge in [-0.1, -0.05) is 25.1 Å². The Labute approximate surface area is 107 Å². The molecule has 0 saturated carbocycles. The highest BCUT2D eigenvalue weighted by atomic mass is 32.2. The van der Waals surface area contributed by atoms with Crippen molar-refractivity contribution in [1.82, 2.24) is 0 Å². The number of hydrogen-bond donors (Lipinski definition) is 2. The predicted molar refractivity (Wildman–Crippen MR) is 68.5 cm³/mol. The van der Waals surface area contributed by atoms with Crippen molar-refractivity contribution in [1.29, 1.82) is 0 Å². The molecule has 0 bridgehead atoms. The van der Waals surface area contributed by atoms with Gasteiger partial charge in [0.15, 0.2) is 0 Å². The van der Waals surface area contributed by atoms with E-state index in [9.17, 15) is 13.8 Å². The van der Waals surface area contributed by atoms with Crippen LogP contribution in [0.3, 0.4) is 0 Å². The van der Waals surface area contributed by atoms with Crippen molar-refractivity contribution in [3.05, 3.63) is 35.4 Å². The molecule has 0 aliphatic heterocycles. The van der Waals surface area contributed by atoms with Crippen LogP contribution in [0.2, 0.25) is 0 Å². The second-order valence-corrected chi connectivity index (χ2v) is 5.40. The Morgan fingerprint density at radius 3 is 2.50 bits per heavy atom. The zero-order chi connectivity index (χ0) is 13.7. The van der Waals surface area contributed by atoms with Crippen molar-refractivity contribution in [2.45, 2.75) is 24.3 Å². The first-order chi connectivity index (χ1) is 8.47. The van der Waals surface area contributed by atoms with Crippen molar-refractivity contribution in [2.24, 2.45) is 5.73 Å². The van der Waals surface area contributed by atoms with E-state index in [1.54, 1.807) is 25.1 Å². The van der Waals surface area contributed by atoms with Crippen LogP contribution in [-0.4, -0.2) is 26.4 Å². The number of rotatable bonds is 6. The molecule has 98 valence electrons. The first-order valence-corrected chi connectivity index (χ1v) is 6.83. The fourth-order valence-corrected chi connectivity index (χ4v) is 2.97. The summed E-state index contributed by atoms with van der Waals surface area (Å²) in [6, 6.07) is 6.52. The van der Waals surface area contributed by atoms with E-state index in [-0.39, 0.29) is 17.7 Å². The fraction of sp³-hybridized carbons (Fsp3) is 0.333. The van der Waals surface area contributed by atoms with Gasteiger partial charge in [-0.25, -0.2) is 0 Å². The van der Waals surface area contributed by atoms with Crippen LogP contribution in [0, 0.1) is 0 Å². The highest BCUT2D eigenvalue weighted by molar-refractivity contribution is 7.85. The maximum Gasteiger partial charge on any atom is 0.319 e. The summed E-state index contributed by atoms with van der Waals surface area (Å²) in [4.78, 5) is 22.1. The molecule has 2 atom stereocenters. The van der Waals surface area contributed by atoms with Gasteiger partial charge < -0.3 is 10.8 Å². The average molecular weight is 269 g/mol. The molecule has 1 aromatic rings. The summed E-state index contributed by atoms with van der Waals surface area (Å²) in [5.41, 5.74) is 6.00. The molecule has 6 heteroatoms. The number of carbonyl (C=O) groups is 2. The molecule has 0 radical (unpaired) electrons. The van der Waals surface area contributed by atoms with E-state index in [1.165, 1.54) is 6.07 Å². The lowest BCUT2D eigenvalue weighted by atomic mass is 10.1. The molecule has 2 unspecified atom stereocenters. The molecule has 1 rings (SSSR count). The Morgan fingerprint density at radius 2 is 2.00 bits per heavy atom. The van der Waals surface area contributed by atoms with Crippen LogP contribution in [0.25, 0.3) is 0 Å². The summed E-state index contributed by atoms with van der Waals surface area (Å²) in [6.45, 7) is 1.66. The van der Waals surface area contributed by atoms with E-state index >= 15 is 0 Å². The standard InChI is InChI=1S/C12H15NO4S/c1-2-10(12(15)16)18(17)7-8-5-3-4-6-9(8)11(13)14/h3-6,10H,2,7H2,1H3,(H2,13,14)(H,15,16). The maximum atomic E-state index is 11.9. The third kappa shape index (κ3) is 3.40. The molecule has 0 fully saturated rings. The molecule has 5 nitrogen and oxygen atoms in total. The van der Waals surface area contributed by atoms with Gasteiger partial charge in [0.25, 0.3) is 0 Å². The van der Waals surface area contributed by atoms with E-state index in [4.69, 9.17) is 10.8 Å². The highest BCUT2D eigenvalue weighted by Gasteiger charge is 2.23. The number of benzene rings is 1. The first kappa shape index (κ1) is 14.4. The van der Waals surface area contributed by atoms with Crippen molar-refractivity contribution in [3.63, 3.8) is 0 Å². The summed E-state index contributed by atoms with van der Waals surface area (Å²) in [5, 5.41) is 7.99. The van der Waals surface area contributed by atoms with Gasteiger partial charge in [0.05, 0.1) is 5.75 Å². The first-order valence-electron chi connectivity index (χ1n) is 5.45. The van der Waals surface area contributed by atoms with Gasteiger partial charge in [0.1, 0.15) is 5.25 Å². The molecule has 1 amide bonds. The van der Waals surface area contributed by atoms with E-state index in [0.29, 0.717) is 5.56 Å². The predicted octanol–water partition coefficient (Wildman–Crippen LogP) is 0.897. The van der Waals surface area contributed by atoms with E-state index in [2.05, 4.69) is 0 Å². The third-order valence-corrected chi connectivity index (χ3v) is 4.31. The number of primary amides is 1. The Hall–Kier alpha value is -1.69. The summed E-state index contributed by atoms with van der Waals surface area (Å²) >= 11 is 0. The Kier molecular flexibility index (Phi) is 5.03. The van der Waals surface area contributed by atoms with Crippen molar-refractivity contribution in [3.8, 4) is 0 Å². The topological polar surface area (TPSA) is 97.5 Å². The molecular weight excluding hydrogens is 254 g/mol. The summed E-state index contributed by atoms with van der Waals surface area (Å²) in [7, 11) is -1.57. The van der Waals surface area contributed by atoms with Crippen LogP contribution in [-0.2, 0) is 21.3 Å². The molecular formula is C12H15NO4S. The Balaban J connectivity index is 2.94. The fourth-order valence-electron chi connectivity index (χ4n) is 1.61. The maximum absolute atomic E-state index is 11.9. The van der Waals surface area contributed by atoms with Crippen molar-refractivity contribution < 1.29 is 18.9 Å². The van der Waals surface area contributed by atoms with Crippen molar-refractivity contribution in [2.75, 3.05) is 0 Å². The largest absolute Gasteiger partial charge is 0.480 e. The summed E-state index contributed by atoms with van der Waals surface area (Å²) < 4.78 is 11.9. The second-order valence-electron chi connectivity index (χ2n) is 3.78. The molecule has 0 saturated heterocycles. The molecule has 18 heavy (non-hydrogen) atoms. The Bertz CT molecular complexity index is 487. The molecule has 1 aromatic carbocycles. The summed E-state index contributed by atoms with van der Waals surface area (Å²) in [5.74, 6) is -1.68. The highest BCUT2D eigenvalue weighted by Crippen LogP contribution is 2.14. The van der Waals surface area contributed by atoms with Crippen LogP contribution in [0.1, 0.15) is 29.3 Å². The van der Waals surface area contributed by atoms with Crippen LogP contribution in [0.5, 0.6) is 0 Å². The number of carboxylic acid groups (broad SMARTS) is 1. The van der Waals surface area contributed by atoms with Gasteiger partial charge in [-0.05, 0) is 18.1 Å². The van der Waals surface area contributed by atoms with Crippen LogP contribution < -0.4 is 5.73 Å².